The molecule has 1 N–H and O–H groups in total. The van der Waals surface area contributed by atoms with Crippen molar-refractivity contribution in [3.05, 3.63) is 53.3 Å². The summed E-state index contributed by atoms with van der Waals surface area (Å²) in [5.74, 6) is 0.857. The minimum absolute atomic E-state index is 0.585. The highest BCUT2D eigenvalue weighted by Gasteiger charge is 2.20. The number of aryl methyl sites for hydroxylation is 2. The van der Waals surface area contributed by atoms with E-state index in [1.807, 2.05) is 18.5 Å². The molecule has 1 aromatic carbocycles. The molecule has 1 aliphatic heterocycles. The van der Waals surface area contributed by atoms with E-state index in [4.69, 9.17) is 0 Å². The van der Waals surface area contributed by atoms with Crippen LogP contribution >= 0.6 is 0 Å². The Kier molecular flexibility index (Phi) is 4.68. The number of rotatable bonds is 4. The number of piperidine rings is 1. The summed E-state index contributed by atoms with van der Waals surface area (Å²) in [4.78, 5) is 10.9. The molecule has 0 radical (unpaired) electrons. The zero-order chi connectivity index (χ0) is 15.4. The third-order valence-corrected chi connectivity index (χ3v) is 4.50. The Morgan fingerprint density at radius 2 is 1.82 bits per heavy atom. The molecule has 2 aromatic rings. The van der Waals surface area contributed by atoms with Crippen molar-refractivity contribution in [3.63, 3.8) is 0 Å². The second-order valence-corrected chi connectivity index (χ2v) is 6.11. The summed E-state index contributed by atoms with van der Waals surface area (Å²) >= 11 is 0. The first kappa shape index (κ1) is 15.0. The molecule has 0 amide bonds. The molecule has 1 saturated heterocycles. The molecular formula is C18H24N4. The number of nitrogens with one attached hydrogen (secondary N) is 1. The quantitative estimate of drug-likeness (QED) is 0.942. The van der Waals surface area contributed by atoms with E-state index in [0.717, 1.165) is 38.4 Å². The van der Waals surface area contributed by atoms with Crippen molar-refractivity contribution >= 4 is 5.95 Å². The number of hydrogen-bond acceptors (Lipinski definition) is 4. The van der Waals surface area contributed by atoms with Crippen LogP contribution in [0.15, 0.2) is 36.7 Å². The fourth-order valence-electron chi connectivity index (χ4n) is 2.91. The van der Waals surface area contributed by atoms with Gasteiger partial charge in [0, 0.05) is 38.1 Å². The predicted molar refractivity (Wildman–Crippen MR) is 90.0 cm³/mol. The van der Waals surface area contributed by atoms with Crippen molar-refractivity contribution in [2.45, 2.75) is 39.3 Å². The highest BCUT2D eigenvalue weighted by atomic mass is 15.3. The monoisotopic (exact) mass is 296 g/mol. The van der Waals surface area contributed by atoms with E-state index in [1.165, 1.54) is 16.7 Å². The first-order valence-electron chi connectivity index (χ1n) is 8.04. The molecule has 0 unspecified atom stereocenters. The summed E-state index contributed by atoms with van der Waals surface area (Å²) in [7, 11) is 0. The van der Waals surface area contributed by atoms with Crippen LogP contribution in [-0.4, -0.2) is 29.1 Å². The Labute approximate surface area is 132 Å². The van der Waals surface area contributed by atoms with Gasteiger partial charge in [-0.15, -0.1) is 0 Å². The summed E-state index contributed by atoms with van der Waals surface area (Å²) in [6.07, 6.45) is 5.91. The Morgan fingerprint density at radius 3 is 2.50 bits per heavy atom. The topological polar surface area (TPSA) is 41.0 Å². The minimum Gasteiger partial charge on any atom is -0.341 e. The van der Waals surface area contributed by atoms with Gasteiger partial charge in [-0.1, -0.05) is 18.2 Å². The normalized spacial score (nSPS) is 16.0. The van der Waals surface area contributed by atoms with Crippen molar-refractivity contribution < 1.29 is 0 Å². The molecule has 116 valence electrons. The molecule has 0 spiro atoms. The maximum atomic E-state index is 4.33. The fourth-order valence-corrected chi connectivity index (χ4v) is 2.91. The highest BCUT2D eigenvalue weighted by molar-refractivity contribution is 5.30. The van der Waals surface area contributed by atoms with E-state index < -0.39 is 0 Å². The van der Waals surface area contributed by atoms with Crippen molar-refractivity contribution in [1.29, 1.82) is 0 Å². The third-order valence-electron chi connectivity index (χ3n) is 4.50. The minimum atomic E-state index is 0.585. The van der Waals surface area contributed by atoms with Gasteiger partial charge in [-0.3, -0.25) is 0 Å². The number of aromatic nitrogens is 2. The standard InChI is InChI=1S/C18H24N4/c1-14-4-5-16(12-15(14)2)13-21-17-6-10-22(11-7-17)18-19-8-3-9-20-18/h3-5,8-9,12,17,21H,6-7,10-11,13H2,1-2H3. The van der Waals surface area contributed by atoms with E-state index in [9.17, 15) is 0 Å². The van der Waals surface area contributed by atoms with Crippen molar-refractivity contribution in [1.82, 2.24) is 15.3 Å². The molecule has 0 bridgehead atoms. The maximum absolute atomic E-state index is 4.33. The van der Waals surface area contributed by atoms with Gasteiger partial charge in [0.2, 0.25) is 5.95 Å². The molecule has 1 aliphatic rings. The second kappa shape index (κ2) is 6.88. The summed E-state index contributed by atoms with van der Waals surface area (Å²) < 4.78 is 0. The lowest BCUT2D eigenvalue weighted by Gasteiger charge is -2.32. The molecule has 0 atom stereocenters. The van der Waals surface area contributed by atoms with Crippen molar-refractivity contribution in [3.8, 4) is 0 Å². The largest absolute Gasteiger partial charge is 0.341 e. The first-order valence-corrected chi connectivity index (χ1v) is 8.04. The summed E-state index contributed by atoms with van der Waals surface area (Å²) in [5, 5.41) is 3.69. The molecule has 0 saturated carbocycles. The molecule has 4 nitrogen and oxygen atoms in total. The van der Waals surface area contributed by atoms with E-state index >= 15 is 0 Å². The highest BCUT2D eigenvalue weighted by Crippen LogP contribution is 2.16. The Balaban J connectivity index is 1.49. The summed E-state index contributed by atoms with van der Waals surface area (Å²) in [5.41, 5.74) is 4.10. The van der Waals surface area contributed by atoms with E-state index in [-0.39, 0.29) is 0 Å². The molecule has 3 rings (SSSR count). The lowest BCUT2D eigenvalue weighted by atomic mass is 10.0. The molecule has 2 heterocycles. The lowest BCUT2D eigenvalue weighted by molar-refractivity contribution is 0.411. The van der Waals surface area contributed by atoms with Crippen molar-refractivity contribution in [2.24, 2.45) is 0 Å². The summed E-state index contributed by atoms with van der Waals surface area (Å²) in [6, 6.07) is 9.17. The second-order valence-electron chi connectivity index (χ2n) is 6.11. The predicted octanol–water partition coefficient (Wildman–Crippen LogP) is 2.85. The Bertz CT molecular complexity index is 604. The van der Waals surface area contributed by atoms with Gasteiger partial charge < -0.3 is 10.2 Å². The van der Waals surface area contributed by atoms with Gasteiger partial charge in [-0.05, 0) is 49.4 Å². The van der Waals surface area contributed by atoms with Crippen LogP contribution in [0.1, 0.15) is 29.5 Å². The molecule has 1 fully saturated rings. The Hall–Kier alpha value is -1.94. The molecule has 0 aliphatic carbocycles. The van der Waals surface area contributed by atoms with Crippen LogP contribution in [0.2, 0.25) is 0 Å². The summed E-state index contributed by atoms with van der Waals surface area (Å²) in [6.45, 7) is 7.34. The van der Waals surface area contributed by atoms with Gasteiger partial charge in [0.05, 0.1) is 0 Å². The van der Waals surface area contributed by atoms with Gasteiger partial charge >= 0.3 is 0 Å². The van der Waals surface area contributed by atoms with Gasteiger partial charge in [-0.2, -0.15) is 0 Å². The fraction of sp³-hybridized carbons (Fsp3) is 0.444. The molecule has 1 aromatic heterocycles. The number of benzene rings is 1. The van der Waals surface area contributed by atoms with Gasteiger partial charge in [0.15, 0.2) is 0 Å². The smallest absolute Gasteiger partial charge is 0.225 e. The van der Waals surface area contributed by atoms with Crippen LogP contribution in [0.5, 0.6) is 0 Å². The Morgan fingerprint density at radius 1 is 1.09 bits per heavy atom. The third kappa shape index (κ3) is 3.63. The average molecular weight is 296 g/mol. The zero-order valence-corrected chi connectivity index (χ0v) is 13.4. The average Bonchev–Trinajstić information content (AvgIpc) is 2.57. The van der Waals surface area contributed by atoms with Gasteiger partial charge in [0.1, 0.15) is 0 Å². The maximum Gasteiger partial charge on any atom is 0.225 e. The van der Waals surface area contributed by atoms with E-state index in [2.05, 4.69) is 52.2 Å². The number of anilines is 1. The van der Waals surface area contributed by atoms with Crippen LogP contribution in [0, 0.1) is 13.8 Å². The number of nitrogens with zero attached hydrogens (tertiary/aromatic N) is 3. The van der Waals surface area contributed by atoms with Crippen LogP contribution in [-0.2, 0) is 6.54 Å². The van der Waals surface area contributed by atoms with Crippen LogP contribution < -0.4 is 10.2 Å². The lowest BCUT2D eigenvalue weighted by Crippen LogP contribution is -2.42. The van der Waals surface area contributed by atoms with Gasteiger partial charge in [0.25, 0.3) is 0 Å². The molecule has 22 heavy (non-hydrogen) atoms. The van der Waals surface area contributed by atoms with Crippen LogP contribution in [0.25, 0.3) is 0 Å². The van der Waals surface area contributed by atoms with Crippen LogP contribution in [0.3, 0.4) is 0 Å². The van der Waals surface area contributed by atoms with Gasteiger partial charge in [-0.25, -0.2) is 9.97 Å². The molecular weight excluding hydrogens is 272 g/mol. The van der Waals surface area contributed by atoms with Crippen LogP contribution in [0.4, 0.5) is 5.95 Å². The zero-order valence-electron chi connectivity index (χ0n) is 13.4. The SMILES string of the molecule is Cc1ccc(CNC2CCN(c3ncccn3)CC2)cc1C. The number of hydrogen-bond donors (Lipinski definition) is 1. The first-order chi connectivity index (χ1) is 10.7. The molecule has 4 heteroatoms. The van der Waals surface area contributed by atoms with E-state index in [1.54, 1.807) is 0 Å². The van der Waals surface area contributed by atoms with Crippen molar-refractivity contribution in [2.75, 3.05) is 18.0 Å². The van der Waals surface area contributed by atoms with E-state index in [0.29, 0.717) is 6.04 Å².